The van der Waals surface area contributed by atoms with E-state index >= 15 is 0 Å². The minimum absolute atomic E-state index is 0. The van der Waals surface area contributed by atoms with E-state index in [2.05, 4.69) is 5.32 Å². The summed E-state index contributed by atoms with van der Waals surface area (Å²) in [5, 5.41) is 3.40. The third kappa shape index (κ3) is 1.63. The number of carbonyl (C=O) groups is 1. The first kappa shape index (κ1) is 10.2. The van der Waals surface area contributed by atoms with Gasteiger partial charge in [0.05, 0.1) is 6.04 Å². The Labute approximate surface area is 90.6 Å². The third-order valence-electron chi connectivity index (χ3n) is 3.62. The van der Waals surface area contributed by atoms with E-state index in [4.69, 9.17) is 0 Å². The topological polar surface area (TPSA) is 32.3 Å². The van der Waals surface area contributed by atoms with Crippen LogP contribution in [-0.2, 0) is 4.79 Å². The van der Waals surface area contributed by atoms with Crippen molar-refractivity contribution in [1.29, 1.82) is 0 Å². The van der Waals surface area contributed by atoms with Crippen molar-refractivity contribution >= 4 is 18.3 Å². The summed E-state index contributed by atoms with van der Waals surface area (Å²) in [6.07, 6.45) is 4.81. The molecule has 0 spiro atoms. The van der Waals surface area contributed by atoms with Crippen molar-refractivity contribution in [3.63, 3.8) is 0 Å². The maximum Gasteiger partial charge on any atom is 0.239 e. The summed E-state index contributed by atoms with van der Waals surface area (Å²) in [7, 11) is 1.95. The molecule has 80 valence electrons. The summed E-state index contributed by atoms with van der Waals surface area (Å²) in [5.74, 6) is 1.15. The van der Waals surface area contributed by atoms with Crippen LogP contribution in [-0.4, -0.2) is 36.0 Å². The molecule has 2 aliphatic carbocycles. The molecule has 3 atom stereocenters. The smallest absolute Gasteiger partial charge is 0.239 e. The number of amides is 1. The number of hydrogen-bond donors (Lipinski definition) is 1. The second-order valence-corrected chi connectivity index (χ2v) is 4.74. The Morgan fingerprint density at radius 2 is 2.07 bits per heavy atom. The molecule has 0 radical (unpaired) electrons. The van der Waals surface area contributed by atoms with Crippen molar-refractivity contribution in [3.05, 3.63) is 0 Å². The fraction of sp³-hybridized carbons (Fsp3) is 0.900. The number of nitrogens with one attached hydrogen (secondary N) is 1. The normalized spacial score (nSPS) is 38.5. The zero-order valence-corrected chi connectivity index (χ0v) is 9.22. The minimum Gasteiger partial charge on any atom is -0.341 e. The number of fused-ring (bicyclic) bond motifs is 1. The number of likely N-dealkylation sites (N-methyl/N-ethyl adjacent to an activating group) is 1. The fourth-order valence-corrected chi connectivity index (χ4v) is 2.40. The van der Waals surface area contributed by atoms with Crippen molar-refractivity contribution in [2.45, 2.75) is 43.8 Å². The lowest BCUT2D eigenvalue weighted by Gasteiger charge is -2.21. The van der Waals surface area contributed by atoms with Crippen LogP contribution in [0.5, 0.6) is 0 Å². The second kappa shape index (κ2) is 3.38. The van der Waals surface area contributed by atoms with Gasteiger partial charge in [-0.15, -0.1) is 12.4 Å². The highest BCUT2D eigenvalue weighted by atomic mass is 35.5. The molecule has 1 N–H and O–H groups in total. The summed E-state index contributed by atoms with van der Waals surface area (Å²) in [5.41, 5.74) is 0. The standard InChI is InChI=1S/C10H16N2O.ClH/c1-12(7-2-3-7)10(13)9-5-6-4-8(6)11-9;/h6-9,11H,2-5H2,1H3;1H/t6-,8-,9+;/m1./s1. The van der Waals surface area contributed by atoms with E-state index in [1.807, 2.05) is 11.9 Å². The second-order valence-electron chi connectivity index (χ2n) is 4.74. The number of rotatable bonds is 2. The minimum atomic E-state index is 0. The summed E-state index contributed by atoms with van der Waals surface area (Å²) >= 11 is 0. The molecule has 0 bridgehead atoms. The predicted molar refractivity (Wildman–Crippen MR) is 56.5 cm³/mol. The van der Waals surface area contributed by atoms with Crippen molar-refractivity contribution in [3.8, 4) is 0 Å². The van der Waals surface area contributed by atoms with Gasteiger partial charge in [-0.2, -0.15) is 0 Å². The van der Waals surface area contributed by atoms with Crippen LogP contribution >= 0.6 is 12.4 Å². The van der Waals surface area contributed by atoms with E-state index in [-0.39, 0.29) is 18.4 Å². The molecule has 0 aromatic heterocycles. The van der Waals surface area contributed by atoms with E-state index in [0.717, 1.165) is 12.3 Å². The lowest BCUT2D eigenvalue weighted by Crippen LogP contribution is -2.44. The fourth-order valence-electron chi connectivity index (χ4n) is 2.40. The molecule has 1 heterocycles. The highest BCUT2D eigenvalue weighted by Crippen LogP contribution is 2.41. The Morgan fingerprint density at radius 3 is 2.57 bits per heavy atom. The molecule has 14 heavy (non-hydrogen) atoms. The molecular formula is C10H17ClN2O. The first-order valence-electron chi connectivity index (χ1n) is 5.28. The molecule has 3 rings (SSSR count). The van der Waals surface area contributed by atoms with Crippen LogP contribution in [0.4, 0.5) is 0 Å². The van der Waals surface area contributed by atoms with Crippen LogP contribution < -0.4 is 5.32 Å². The van der Waals surface area contributed by atoms with Gasteiger partial charge in [0.25, 0.3) is 0 Å². The number of nitrogens with zero attached hydrogens (tertiary/aromatic N) is 1. The van der Waals surface area contributed by atoms with Gasteiger partial charge in [0.15, 0.2) is 0 Å². The SMILES string of the molecule is CN(C(=O)[C@@H]1C[C@H]2C[C@H]2N1)C1CC1.Cl. The highest BCUT2D eigenvalue weighted by Gasteiger charge is 2.49. The molecule has 0 unspecified atom stereocenters. The van der Waals surface area contributed by atoms with Gasteiger partial charge < -0.3 is 10.2 Å². The van der Waals surface area contributed by atoms with Crippen molar-refractivity contribution in [1.82, 2.24) is 10.2 Å². The Hall–Kier alpha value is -0.280. The number of carbonyl (C=O) groups excluding carboxylic acids is 1. The van der Waals surface area contributed by atoms with E-state index < -0.39 is 0 Å². The number of hydrogen-bond acceptors (Lipinski definition) is 2. The summed E-state index contributed by atoms with van der Waals surface area (Å²) in [6.45, 7) is 0. The molecule has 0 aromatic rings. The van der Waals surface area contributed by atoms with Gasteiger partial charge in [0, 0.05) is 19.1 Å². The van der Waals surface area contributed by atoms with Crippen molar-refractivity contribution in [2.24, 2.45) is 5.92 Å². The van der Waals surface area contributed by atoms with Gasteiger partial charge in [-0.3, -0.25) is 4.79 Å². The first-order valence-corrected chi connectivity index (χ1v) is 5.28. The molecule has 3 nitrogen and oxygen atoms in total. The monoisotopic (exact) mass is 216 g/mol. The van der Waals surface area contributed by atoms with E-state index in [0.29, 0.717) is 18.0 Å². The number of halogens is 1. The van der Waals surface area contributed by atoms with Gasteiger partial charge >= 0.3 is 0 Å². The number of piperidine rings is 1. The molecule has 1 aliphatic heterocycles. The first-order chi connectivity index (χ1) is 6.25. The lowest BCUT2D eigenvalue weighted by molar-refractivity contribution is -0.132. The molecule has 4 heteroatoms. The molecule has 1 amide bonds. The summed E-state index contributed by atoms with van der Waals surface area (Å²) in [4.78, 5) is 13.8. The summed E-state index contributed by atoms with van der Waals surface area (Å²) in [6, 6.07) is 1.39. The molecule has 3 aliphatic rings. The van der Waals surface area contributed by atoms with E-state index in [1.54, 1.807) is 0 Å². The maximum atomic E-state index is 11.9. The predicted octanol–water partition coefficient (Wildman–Crippen LogP) is 0.779. The van der Waals surface area contributed by atoms with Gasteiger partial charge in [-0.05, 0) is 31.6 Å². The Bertz CT molecular complexity index is 245. The van der Waals surface area contributed by atoms with Crippen molar-refractivity contribution < 1.29 is 4.79 Å². The molecule has 1 saturated heterocycles. The van der Waals surface area contributed by atoms with Gasteiger partial charge in [-0.1, -0.05) is 0 Å². The average Bonchev–Trinajstić information content (AvgIpc) is 3.04. The third-order valence-corrected chi connectivity index (χ3v) is 3.62. The summed E-state index contributed by atoms with van der Waals surface area (Å²) < 4.78 is 0. The van der Waals surface area contributed by atoms with Crippen LogP contribution in [0.3, 0.4) is 0 Å². The zero-order valence-electron chi connectivity index (χ0n) is 8.40. The average molecular weight is 217 g/mol. The van der Waals surface area contributed by atoms with E-state index in [9.17, 15) is 4.79 Å². The zero-order chi connectivity index (χ0) is 9.00. The molecule has 2 saturated carbocycles. The van der Waals surface area contributed by atoms with Gasteiger partial charge in [0.1, 0.15) is 0 Å². The van der Waals surface area contributed by atoms with Crippen LogP contribution in [0.1, 0.15) is 25.7 Å². The Balaban J connectivity index is 0.000000750. The van der Waals surface area contributed by atoms with Gasteiger partial charge in [0.2, 0.25) is 5.91 Å². The Kier molecular flexibility index (Phi) is 2.48. The molecule has 3 fully saturated rings. The van der Waals surface area contributed by atoms with Crippen LogP contribution in [0, 0.1) is 5.92 Å². The van der Waals surface area contributed by atoms with Crippen LogP contribution in [0.25, 0.3) is 0 Å². The van der Waals surface area contributed by atoms with Crippen LogP contribution in [0.15, 0.2) is 0 Å². The quantitative estimate of drug-likeness (QED) is 0.740. The maximum absolute atomic E-state index is 11.9. The Morgan fingerprint density at radius 1 is 1.36 bits per heavy atom. The largest absolute Gasteiger partial charge is 0.341 e. The molecule has 0 aromatic carbocycles. The molecular weight excluding hydrogens is 200 g/mol. The highest BCUT2D eigenvalue weighted by molar-refractivity contribution is 5.85. The van der Waals surface area contributed by atoms with Gasteiger partial charge in [-0.25, -0.2) is 0 Å². The lowest BCUT2D eigenvalue weighted by atomic mass is 10.1. The van der Waals surface area contributed by atoms with E-state index in [1.165, 1.54) is 19.3 Å². The van der Waals surface area contributed by atoms with Crippen LogP contribution in [0.2, 0.25) is 0 Å². The van der Waals surface area contributed by atoms with Crippen molar-refractivity contribution in [2.75, 3.05) is 7.05 Å².